The number of hydrogen-bond acceptors (Lipinski definition) is 5. The maximum atomic E-state index is 12.5. The van der Waals surface area contributed by atoms with Crippen LogP contribution in [0.1, 0.15) is 19.8 Å². The predicted octanol–water partition coefficient (Wildman–Crippen LogP) is 4.33. The molecule has 2 amide bonds. The fourth-order valence-electron chi connectivity index (χ4n) is 3.34. The quantitative estimate of drug-likeness (QED) is 0.688. The molecule has 146 valence electrons. The average Bonchev–Trinajstić information content (AvgIpc) is 3.12. The van der Waals surface area contributed by atoms with E-state index in [1.807, 2.05) is 60.4 Å². The van der Waals surface area contributed by atoms with E-state index in [2.05, 4.69) is 15.6 Å². The van der Waals surface area contributed by atoms with Crippen LogP contribution in [0.25, 0.3) is 11.1 Å². The summed E-state index contributed by atoms with van der Waals surface area (Å²) in [6.07, 6.45) is 1.69. The lowest BCUT2D eigenvalue weighted by Crippen LogP contribution is -2.44. The minimum atomic E-state index is -0.0792. The van der Waals surface area contributed by atoms with E-state index in [1.54, 1.807) is 0 Å². The molecule has 1 aromatic heterocycles. The fraction of sp³-hybridized carbons (Fsp3) is 0.333. The summed E-state index contributed by atoms with van der Waals surface area (Å²) in [6, 6.07) is 15.8. The minimum absolute atomic E-state index is 0.0792. The summed E-state index contributed by atoms with van der Waals surface area (Å²) in [4.78, 5) is 18.8. The van der Waals surface area contributed by atoms with Crippen molar-refractivity contribution >= 4 is 28.8 Å². The van der Waals surface area contributed by atoms with Crippen molar-refractivity contribution < 1.29 is 13.9 Å². The van der Waals surface area contributed by atoms with Crippen molar-refractivity contribution in [2.75, 3.05) is 30.3 Å². The Kier molecular flexibility index (Phi) is 5.32. The van der Waals surface area contributed by atoms with Gasteiger partial charge in [-0.2, -0.15) is 4.98 Å². The van der Waals surface area contributed by atoms with E-state index in [0.717, 1.165) is 35.4 Å². The van der Waals surface area contributed by atoms with Crippen LogP contribution in [0, 0.1) is 0 Å². The maximum Gasteiger partial charge on any atom is 0.321 e. The number of anilines is 2. The molecule has 0 spiro atoms. The maximum absolute atomic E-state index is 12.5. The van der Waals surface area contributed by atoms with Gasteiger partial charge < -0.3 is 24.7 Å². The highest BCUT2D eigenvalue weighted by atomic mass is 16.5. The third-order valence-electron chi connectivity index (χ3n) is 4.82. The molecule has 0 saturated carbocycles. The van der Waals surface area contributed by atoms with Crippen LogP contribution < -0.4 is 15.4 Å². The SMILES string of the molecule is CCOc1ccc(NC(=O)N2CCC(Nc3nc4ccccc4o3)CC2)cc1. The molecule has 1 saturated heterocycles. The van der Waals surface area contributed by atoms with Gasteiger partial charge in [-0.1, -0.05) is 12.1 Å². The van der Waals surface area contributed by atoms with Gasteiger partial charge in [0.05, 0.1) is 6.61 Å². The van der Waals surface area contributed by atoms with Crippen LogP contribution in [0.5, 0.6) is 5.75 Å². The molecule has 1 aliphatic rings. The number of benzene rings is 2. The lowest BCUT2D eigenvalue weighted by molar-refractivity contribution is 0.196. The molecular weight excluding hydrogens is 356 g/mol. The molecule has 1 fully saturated rings. The molecule has 0 atom stereocenters. The number of oxazole rings is 1. The van der Waals surface area contributed by atoms with E-state index >= 15 is 0 Å². The van der Waals surface area contributed by atoms with Crippen molar-refractivity contribution in [3.05, 3.63) is 48.5 Å². The van der Waals surface area contributed by atoms with E-state index in [0.29, 0.717) is 25.7 Å². The van der Waals surface area contributed by atoms with E-state index in [-0.39, 0.29) is 12.1 Å². The van der Waals surface area contributed by atoms with Crippen LogP contribution in [0.3, 0.4) is 0 Å². The summed E-state index contributed by atoms with van der Waals surface area (Å²) in [6.45, 7) is 3.93. The molecule has 3 aromatic rings. The van der Waals surface area contributed by atoms with E-state index in [9.17, 15) is 4.79 Å². The third kappa shape index (κ3) is 4.19. The number of carbonyl (C=O) groups excluding carboxylic acids is 1. The van der Waals surface area contributed by atoms with Crippen LogP contribution in [0.15, 0.2) is 52.9 Å². The standard InChI is InChI=1S/C21H24N4O3/c1-2-27-17-9-7-15(8-10-17)23-21(26)25-13-11-16(12-14-25)22-20-24-18-5-3-4-6-19(18)28-20/h3-10,16H,2,11-14H2,1H3,(H,22,24)(H,23,26). The van der Waals surface area contributed by atoms with Crippen LogP contribution >= 0.6 is 0 Å². The van der Waals surface area contributed by atoms with E-state index in [1.165, 1.54) is 0 Å². The summed E-state index contributed by atoms with van der Waals surface area (Å²) in [7, 11) is 0. The molecule has 0 radical (unpaired) electrons. The second kappa shape index (κ2) is 8.21. The van der Waals surface area contributed by atoms with Gasteiger partial charge >= 0.3 is 6.03 Å². The van der Waals surface area contributed by atoms with Gasteiger partial charge in [-0.25, -0.2) is 4.79 Å². The number of aromatic nitrogens is 1. The summed E-state index contributed by atoms with van der Waals surface area (Å²) in [5.41, 5.74) is 2.38. The van der Waals surface area contributed by atoms with Crippen LogP contribution in [-0.2, 0) is 0 Å². The molecule has 2 aromatic carbocycles. The summed E-state index contributed by atoms with van der Waals surface area (Å²) >= 11 is 0. The highest BCUT2D eigenvalue weighted by Gasteiger charge is 2.24. The Balaban J connectivity index is 1.27. The number of ether oxygens (including phenoxy) is 1. The fourth-order valence-corrected chi connectivity index (χ4v) is 3.34. The van der Waals surface area contributed by atoms with Crippen LogP contribution in [-0.4, -0.2) is 41.7 Å². The number of likely N-dealkylation sites (tertiary alicyclic amines) is 1. The molecule has 28 heavy (non-hydrogen) atoms. The first-order valence-corrected chi connectivity index (χ1v) is 9.62. The molecule has 0 unspecified atom stereocenters. The molecule has 0 aliphatic carbocycles. The number of nitrogens with one attached hydrogen (secondary N) is 2. The Morgan fingerprint density at radius 2 is 1.93 bits per heavy atom. The Labute approximate surface area is 163 Å². The van der Waals surface area contributed by atoms with Crippen molar-refractivity contribution in [2.45, 2.75) is 25.8 Å². The molecule has 1 aliphatic heterocycles. The number of urea groups is 1. The average molecular weight is 380 g/mol. The number of hydrogen-bond donors (Lipinski definition) is 2. The first kappa shape index (κ1) is 18.2. The monoisotopic (exact) mass is 380 g/mol. The molecule has 0 bridgehead atoms. The molecular formula is C21H24N4O3. The van der Waals surface area contributed by atoms with Crippen molar-refractivity contribution in [3.8, 4) is 5.75 Å². The molecule has 7 heteroatoms. The third-order valence-corrected chi connectivity index (χ3v) is 4.82. The highest BCUT2D eigenvalue weighted by Crippen LogP contribution is 2.22. The van der Waals surface area contributed by atoms with Crippen molar-refractivity contribution in [2.24, 2.45) is 0 Å². The topological polar surface area (TPSA) is 79.6 Å². The summed E-state index contributed by atoms with van der Waals surface area (Å²) in [5, 5.41) is 6.29. The zero-order valence-corrected chi connectivity index (χ0v) is 15.9. The first-order valence-electron chi connectivity index (χ1n) is 9.62. The predicted molar refractivity (Wildman–Crippen MR) is 109 cm³/mol. The zero-order valence-electron chi connectivity index (χ0n) is 15.9. The highest BCUT2D eigenvalue weighted by molar-refractivity contribution is 5.89. The van der Waals surface area contributed by atoms with Crippen LogP contribution in [0.2, 0.25) is 0 Å². The van der Waals surface area contributed by atoms with Gasteiger partial charge in [0.1, 0.15) is 11.3 Å². The smallest absolute Gasteiger partial charge is 0.321 e. The number of amides is 2. The number of carbonyl (C=O) groups is 1. The second-order valence-electron chi connectivity index (χ2n) is 6.78. The molecule has 2 N–H and O–H groups in total. The summed E-state index contributed by atoms with van der Waals surface area (Å²) < 4.78 is 11.1. The van der Waals surface area contributed by atoms with Crippen molar-refractivity contribution in [3.63, 3.8) is 0 Å². The Morgan fingerprint density at radius 3 is 2.64 bits per heavy atom. The van der Waals surface area contributed by atoms with Gasteiger partial charge in [0.25, 0.3) is 6.01 Å². The van der Waals surface area contributed by atoms with Gasteiger partial charge in [0, 0.05) is 24.8 Å². The summed E-state index contributed by atoms with van der Waals surface area (Å²) in [5.74, 6) is 0.798. The first-order chi connectivity index (χ1) is 13.7. The number of para-hydroxylation sites is 2. The lowest BCUT2D eigenvalue weighted by Gasteiger charge is -2.32. The minimum Gasteiger partial charge on any atom is -0.494 e. The van der Waals surface area contributed by atoms with Crippen molar-refractivity contribution in [1.82, 2.24) is 9.88 Å². The number of rotatable bonds is 5. The number of piperidine rings is 1. The van der Waals surface area contributed by atoms with Gasteiger partial charge in [-0.05, 0) is 56.2 Å². The van der Waals surface area contributed by atoms with Gasteiger partial charge in [0.2, 0.25) is 0 Å². The van der Waals surface area contributed by atoms with Gasteiger partial charge in [-0.3, -0.25) is 0 Å². The Hall–Kier alpha value is -3.22. The lowest BCUT2D eigenvalue weighted by atomic mass is 10.1. The Bertz CT molecular complexity index is 897. The zero-order chi connectivity index (χ0) is 19.3. The number of nitrogens with zero attached hydrogens (tertiary/aromatic N) is 2. The molecule has 4 rings (SSSR count). The normalized spacial score (nSPS) is 14.8. The van der Waals surface area contributed by atoms with Gasteiger partial charge in [-0.15, -0.1) is 0 Å². The van der Waals surface area contributed by atoms with Crippen molar-refractivity contribution in [1.29, 1.82) is 0 Å². The van der Waals surface area contributed by atoms with E-state index < -0.39 is 0 Å². The largest absolute Gasteiger partial charge is 0.494 e. The number of fused-ring (bicyclic) bond motifs is 1. The second-order valence-corrected chi connectivity index (χ2v) is 6.78. The molecule has 2 heterocycles. The molecule has 7 nitrogen and oxygen atoms in total. The van der Waals surface area contributed by atoms with Crippen LogP contribution in [0.4, 0.5) is 16.5 Å². The Morgan fingerprint density at radius 1 is 1.18 bits per heavy atom. The van der Waals surface area contributed by atoms with Gasteiger partial charge in [0.15, 0.2) is 5.58 Å². The van der Waals surface area contributed by atoms with E-state index in [4.69, 9.17) is 9.15 Å².